The number of nitrogens with zero attached hydrogens (tertiary/aromatic N) is 2. The molecule has 2 heterocycles. The van der Waals surface area contributed by atoms with E-state index in [0.717, 1.165) is 31.1 Å². The van der Waals surface area contributed by atoms with Gasteiger partial charge in [0.1, 0.15) is 17.9 Å². The maximum absolute atomic E-state index is 12.3. The fourth-order valence-corrected chi connectivity index (χ4v) is 4.58. The quantitative estimate of drug-likeness (QED) is 0.341. The van der Waals surface area contributed by atoms with Crippen molar-refractivity contribution in [2.75, 3.05) is 32.7 Å². The molecule has 1 aromatic rings. The van der Waals surface area contributed by atoms with E-state index in [1.807, 2.05) is 57.2 Å². The van der Waals surface area contributed by atoms with E-state index in [2.05, 4.69) is 5.32 Å². The minimum Gasteiger partial charge on any atom is -0.480 e. The number of carbonyl (C=O) groups is 5. The molecule has 1 atom stereocenters. The number of aliphatic carboxylic acids is 1. The third kappa shape index (κ3) is 13.8. The maximum atomic E-state index is 12.3. The lowest BCUT2D eigenvalue weighted by molar-refractivity contribution is -0.141. The normalized spacial score (nSPS) is 19.0. The lowest BCUT2D eigenvalue weighted by Crippen LogP contribution is -2.42. The van der Waals surface area contributed by atoms with Crippen molar-refractivity contribution in [2.24, 2.45) is 11.7 Å². The number of carbonyl (C=O) groups excluding carboxylic acids is 4. The molecule has 0 unspecified atom stereocenters. The second kappa shape index (κ2) is 18.4. The minimum absolute atomic E-state index is 0.0829. The van der Waals surface area contributed by atoms with Crippen LogP contribution in [0.25, 0.3) is 0 Å². The first kappa shape index (κ1) is 35.9. The van der Waals surface area contributed by atoms with Gasteiger partial charge in [-0.15, -0.1) is 0 Å². The van der Waals surface area contributed by atoms with Crippen molar-refractivity contribution in [3.05, 3.63) is 71.8 Å². The van der Waals surface area contributed by atoms with Crippen molar-refractivity contribution in [3.8, 4) is 0 Å². The van der Waals surface area contributed by atoms with E-state index in [-0.39, 0.29) is 37.3 Å². The Morgan fingerprint density at radius 1 is 1.14 bits per heavy atom. The fraction of sp³-hybridized carbons (Fsp3) is 0.485. The lowest BCUT2D eigenvalue weighted by atomic mass is 9.93. The summed E-state index contributed by atoms with van der Waals surface area (Å²) in [6.07, 6.45) is 12.1. The average molecular weight is 611 g/mol. The highest BCUT2D eigenvalue weighted by molar-refractivity contribution is 5.90. The summed E-state index contributed by atoms with van der Waals surface area (Å²) in [4.78, 5) is 61.2. The molecule has 0 bridgehead atoms. The van der Waals surface area contributed by atoms with Gasteiger partial charge >= 0.3 is 12.1 Å². The second-order valence-corrected chi connectivity index (χ2v) is 11.7. The maximum Gasteiger partial charge on any atom is 0.410 e. The number of rotatable bonds is 10. The predicted molar refractivity (Wildman–Crippen MR) is 168 cm³/mol. The van der Waals surface area contributed by atoms with Gasteiger partial charge < -0.3 is 30.7 Å². The van der Waals surface area contributed by atoms with Crippen LogP contribution in [0.1, 0.15) is 52.0 Å². The van der Waals surface area contributed by atoms with E-state index in [9.17, 15) is 24.0 Å². The molecule has 1 fully saturated rings. The standard InChI is InChI=1S/C21H30N2O4.C12H16N2O3/c1-21(2,3)27-20(26)23-14-10-17(11-15-23)9-13-22-12-5-4-6-18(16-24)7-8-19(22)25;13-7-6-11(15)14-10(12(16)17)8-9-4-2-1-3-5-9/h4-8,16-17H,9-15H2,1-3H3;1-5,10H,6-8,13H2,(H,14,15)(H,16,17)/b5-4+,8-7+,18-6+;/t;10-/m.0/s1. The lowest BCUT2D eigenvalue weighted by Gasteiger charge is -2.34. The van der Waals surface area contributed by atoms with E-state index in [4.69, 9.17) is 15.6 Å². The van der Waals surface area contributed by atoms with Crippen LogP contribution >= 0.6 is 0 Å². The number of likely N-dealkylation sites (tertiary alicyclic amines) is 1. The number of nitrogens with one attached hydrogen (secondary N) is 1. The molecule has 11 heteroatoms. The zero-order valence-electron chi connectivity index (χ0n) is 25.9. The highest BCUT2D eigenvalue weighted by Crippen LogP contribution is 2.23. The molecule has 3 rings (SSSR count). The van der Waals surface area contributed by atoms with Crippen LogP contribution in [0, 0.1) is 5.92 Å². The Bertz CT molecular complexity index is 1200. The molecule has 2 aliphatic heterocycles. The predicted octanol–water partition coefficient (Wildman–Crippen LogP) is 3.25. The number of carboxylic acid groups (broad SMARTS) is 1. The van der Waals surface area contributed by atoms with Crippen molar-refractivity contribution in [2.45, 2.75) is 64.5 Å². The van der Waals surface area contributed by atoms with E-state index < -0.39 is 17.6 Å². The average Bonchev–Trinajstić information content (AvgIpc) is 3.06. The molecule has 0 radical (unpaired) electrons. The van der Waals surface area contributed by atoms with E-state index >= 15 is 0 Å². The largest absolute Gasteiger partial charge is 0.480 e. The second-order valence-electron chi connectivity index (χ2n) is 11.7. The number of nitrogens with two attached hydrogens (primary N) is 1. The molecule has 2 aliphatic rings. The summed E-state index contributed by atoms with van der Waals surface area (Å²) in [5.41, 5.74) is 6.10. The van der Waals surface area contributed by atoms with Crippen molar-refractivity contribution in [1.29, 1.82) is 0 Å². The summed E-state index contributed by atoms with van der Waals surface area (Å²) in [5, 5.41) is 11.5. The number of carboxylic acids is 1. The van der Waals surface area contributed by atoms with Crippen molar-refractivity contribution in [3.63, 3.8) is 0 Å². The highest BCUT2D eigenvalue weighted by atomic mass is 16.6. The van der Waals surface area contributed by atoms with Crippen LogP contribution in [-0.4, -0.2) is 89.4 Å². The van der Waals surface area contributed by atoms with Crippen molar-refractivity contribution >= 4 is 30.2 Å². The molecular weight excluding hydrogens is 564 g/mol. The highest BCUT2D eigenvalue weighted by Gasteiger charge is 2.27. The van der Waals surface area contributed by atoms with Gasteiger partial charge in [0.15, 0.2) is 0 Å². The van der Waals surface area contributed by atoms with Gasteiger partial charge in [-0.25, -0.2) is 9.59 Å². The van der Waals surface area contributed by atoms with Gasteiger partial charge in [0.25, 0.3) is 0 Å². The minimum atomic E-state index is -1.04. The summed E-state index contributed by atoms with van der Waals surface area (Å²) in [6.45, 7) is 8.41. The molecule has 4 N–H and O–H groups in total. The van der Waals surface area contributed by atoms with Gasteiger partial charge in [0, 0.05) is 57.2 Å². The molecule has 0 saturated carbocycles. The first-order chi connectivity index (χ1) is 20.9. The Kier molecular flexibility index (Phi) is 15.0. The Hall–Kier alpha value is -4.25. The smallest absolute Gasteiger partial charge is 0.410 e. The summed E-state index contributed by atoms with van der Waals surface area (Å²) in [5.74, 6) is -0.976. The van der Waals surface area contributed by atoms with E-state index in [0.29, 0.717) is 37.7 Å². The van der Waals surface area contributed by atoms with E-state index in [1.54, 1.807) is 28.0 Å². The summed E-state index contributed by atoms with van der Waals surface area (Å²) < 4.78 is 5.43. The van der Waals surface area contributed by atoms with Crippen LogP contribution in [0.2, 0.25) is 0 Å². The van der Waals surface area contributed by atoms with Crippen LogP contribution in [0.15, 0.2) is 66.3 Å². The van der Waals surface area contributed by atoms with Gasteiger partial charge in [-0.2, -0.15) is 0 Å². The number of hydrogen-bond acceptors (Lipinski definition) is 7. The number of benzene rings is 1. The molecule has 3 amide bonds. The Balaban J connectivity index is 0.000000342. The molecule has 11 nitrogen and oxygen atoms in total. The third-order valence-electron chi connectivity index (χ3n) is 6.98. The Morgan fingerprint density at radius 3 is 2.41 bits per heavy atom. The number of hydrogen-bond donors (Lipinski definition) is 3. The molecule has 0 aromatic heterocycles. The van der Waals surface area contributed by atoms with Gasteiger partial charge in [0.2, 0.25) is 11.8 Å². The molecule has 44 heavy (non-hydrogen) atoms. The molecule has 0 aliphatic carbocycles. The number of amides is 3. The van der Waals surface area contributed by atoms with Crippen LogP contribution < -0.4 is 11.1 Å². The molecule has 1 aromatic carbocycles. The van der Waals surface area contributed by atoms with Crippen LogP contribution in [-0.2, 0) is 30.3 Å². The fourth-order valence-electron chi connectivity index (χ4n) is 4.58. The molecule has 1 saturated heterocycles. The molecule has 240 valence electrons. The summed E-state index contributed by atoms with van der Waals surface area (Å²) in [6, 6.07) is 8.25. The molecular formula is C33H46N4O7. The summed E-state index contributed by atoms with van der Waals surface area (Å²) >= 11 is 0. The first-order valence-corrected chi connectivity index (χ1v) is 14.9. The number of ether oxygens (including phenoxy) is 1. The number of allylic oxidation sites excluding steroid dienone is 4. The monoisotopic (exact) mass is 610 g/mol. The number of piperidine rings is 1. The molecule has 0 spiro atoms. The summed E-state index contributed by atoms with van der Waals surface area (Å²) in [7, 11) is 0. The van der Waals surface area contributed by atoms with Gasteiger partial charge in [-0.3, -0.25) is 14.4 Å². The van der Waals surface area contributed by atoms with Crippen LogP contribution in [0.3, 0.4) is 0 Å². The van der Waals surface area contributed by atoms with E-state index in [1.165, 1.54) is 6.08 Å². The van der Waals surface area contributed by atoms with Gasteiger partial charge in [-0.1, -0.05) is 48.6 Å². The van der Waals surface area contributed by atoms with Crippen molar-refractivity contribution < 1.29 is 33.8 Å². The van der Waals surface area contributed by atoms with Gasteiger partial charge in [-0.05, 0) is 57.6 Å². The Labute approximate surface area is 259 Å². The van der Waals surface area contributed by atoms with Crippen LogP contribution in [0.4, 0.5) is 4.79 Å². The van der Waals surface area contributed by atoms with Gasteiger partial charge in [0.05, 0.1) is 0 Å². The first-order valence-electron chi connectivity index (χ1n) is 14.9. The van der Waals surface area contributed by atoms with Crippen molar-refractivity contribution in [1.82, 2.24) is 15.1 Å². The third-order valence-corrected chi connectivity index (χ3v) is 6.98. The number of aldehydes is 1. The SMILES string of the molecule is CC(C)(C)OC(=O)N1CCC(CCN2C/C=C/C=C(C=O)\C=C\C2=O)CC1.NCCC(=O)N[C@@H](Cc1ccccc1)C(=O)O. The zero-order valence-corrected chi connectivity index (χ0v) is 25.9. The zero-order chi connectivity index (χ0) is 32.5. The topological polar surface area (TPSA) is 159 Å². The van der Waals surface area contributed by atoms with Crippen LogP contribution in [0.5, 0.6) is 0 Å². The Morgan fingerprint density at radius 2 is 1.82 bits per heavy atom.